The Hall–Kier alpha value is -1.75. The van der Waals surface area contributed by atoms with E-state index in [1.807, 2.05) is 38.1 Å². The van der Waals surface area contributed by atoms with Crippen LogP contribution in [-0.4, -0.2) is 37.0 Å². The molecule has 0 unspecified atom stereocenters. The fourth-order valence-corrected chi connectivity index (χ4v) is 2.25. The molecular weight excluding hydrogens is 316 g/mol. The van der Waals surface area contributed by atoms with Gasteiger partial charge in [0.15, 0.2) is 0 Å². The van der Waals surface area contributed by atoms with Crippen LogP contribution < -0.4 is 5.73 Å². The van der Waals surface area contributed by atoms with Crippen molar-refractivity contribution in [2.45, 2.75) is 33.1 Å². The van der Waals surface area contributed by atoms with Crippen molar-refractivity contribution in [1.82, 2.24) is 4.90 Å². The number of carbonyl (C=O) groups is 2. The van der Waals surface area contributed by atoms with Crippen molar-refractivity contribution in [1.29, 1.82) is 0 Å². The summed E-state index contributed by atoms with van der Waals surface area (Å²) in [6.07, 6.45) is 1.23. The second kappa shape index (κ2) is 10.9. The van der Waals surface area contributed by atoms with E-state index in [4.69, 9.17) is 5.73 Å². The van der Waals surface area contributed by atoms with Crippen LogP contribution in [-0.2, 0) is 20.7 Å². The maximum Gasteiger partial charge on any atom is 0.307 e. The predicted molar refractivity (Wildman–Crippen MR) is 94.5 cm³/mol. The first-order valence-electron chi connectivity index (χ1n) is 7.62. The molecule has 130 valence electrons. The van der Waals surface area contributed by atoms with E-state index in [1.54, 1.807) is 4.90 Å². The summed E-state index contributed by atoms with van der Waals surface area (Å²) in [5.41, 5.74) is 7.58. The fourth-order valence-electron chi connectivity index (χ4n) is 2.25. The summed E-state index contributed by atoms with van der Waals surface area (Å²) in [6, 6.07) is 7.56. The molecule has 0 atom stereocenters. The van der Waals surface area contributed by atoms with E-state index >= 15 is 0 Å². The number of methoxy groups -OCH3 is 1. The zero-order valence-electron chi connectivity index (χ0n) is 14.1. The van der Waals surface area contributed by atoms with Crippen LogP contribution in [0.5, 0.6) is 0 Å². The van der Waals surface area contributed by atoms with Crippen LogP contribution in [0.2, 0.25) is 0 Å². The number of nitrogens with zero attached hydrogens (tertiary/aromatic N) is 1. The van der Waals surface area contributed by atoms with Crippen LogP contribution >= 0.6 is 12.4 Å². The van der Waals surface area contributed by atoms with Gasteiger partial charge in [-0.2, -0.15) is 0 Å². The molecule has 0 spiro atoms. The smallest absolute Gasteiger partial charge is 0.307 e. The van der Waals surface area contributed by atoms with E-state index in [1.165, 1.54) is 7.11 Å². The highest BCUT2D eigenvalue weighted by Gasteiger charge is 2.16. The Labute approximate surface area is 144 Å². The zero-order chi connectivity index (χ0) is 16.5. The first kappa shape index (κ1) is 21.2. The van der Waals surface area contributed by atoms with Gasteiger partial charge in [-0.25, -0.2) is 0 Å². The summed E-state index contributed by atoms with van der Waals surface area (Å²) < 4.78 is 4.64. The molecule has 0 saturated heterocycles. The Morgan fingerprint density at radius 3 is 2.43 bits per heavy atom. The number of benzene rings is 1. The molecule has 5 nitrogen and oxygen atoms in total. The summed E-state index contributed by atoms with van der Waals surface area (Å²) in [7, 11) is 1.36. The monoisotopic (exact) mass is 342 g/mol. The summed E-state index contributed by atoms with van der Waals surface area (Å²) in [5, 5.41) is 0. The van der Waals surface area contributed by atoms with E-state index < -0.39 is 0 Å². The van der Waals surface area contributed by atoms with Crippen molar-refractivity contribution in [3.05, 3.63) is 29.8 Å². The fraction of sp³-hybridized carbons (Fsp3) is 0.529. The largest absolute Gasteiger partial charge is 0.469 e. The molecule has 0 radical (unpaired) electrons. The number of anilines is 1. The highest BCUT2D eigenvalue weighted by atomic mass is 35.5. The number of para-hydroxylation sites is 1. The van der Waals surface area contributed by atoms with Gasteiger partial charge in [0.1, 0.15) is 0 Å². The van der Waals surface area contributed by atoms with Crippen molar-refractivity contribution in [2.24, 2.45) is 5.92 Å². The number of rotatable bonds is 8. The van der Waals surface area contributed by atoms with E-state index in [-0.39, 0.29) is 30.7 Å². The Bertz CT molecular complexity index is 506. The first-order chi connectivity index (χ1) is 10.4. The molecule has 0 aliphatic carbocycles. The molecule has 0 heterocycles. The molecular formula is C17H27ClN2O3. The van der Waals surface area contributed by atoms with E-state index in [0.29, 0.717) is 37.5 Å². The van der Waals surface area contributed by atoms with Gasteiger partial charge in [-0.15, -0.1) is 12.4 Å². The Morgan fingerprint density at radius 2 is 1.87 bits per heavy atom. The molecule has 2 N–H and O–H groups in total. The molecule has 0 aliphatic heterocycles. The summed E-state index contributed by atoms with van der Waals surface area (Å²) in [5.74, 6) is 0.0955. The highest BCUT2D eigenvalue weighted by Crippen LogP contribution is 2.14. The number of ether oxygens (including phenoxy) is 1. The molecule has 1 aromatic rings. The Balaban J connectivity index is 0.00000484. The minimum atomic E-state index is -0.297. The maximum absolute atomic E-state index is 12.4. The molecule has 0 saturated carbocycles. The predicted octanol–water partition coefficient (Wildman–Crippen LogP) is 2.67. The zero-order valence-corrected chi connectivity index (χ0v) is 14.9. The Morgan fingerprint density at radius 1 is 1.22 bits per heavy atom. The highest BCUT2D eigenvalue weighted by molar-refractivity contribution is 5.85. The van der Waals surface area contributed by atoms with Gasteiger partial charge in [0.25, 0.3) is 0 Å². The number of amides is 1. The number of carbonyl (C=O) groups excluding carboxylic acids is 2. The standard InChI is InChI=1S/C17H26N2O3.ClH/c1-13(2)12-19(11-10-17(21)22-3)16(20)9-8-14-6-4-5-7-15(14)18;/h4-7,13H,8-12,18H2,1-3H3;1H. The molecule has 0 bridgehead atoms. The normalized spacial score (nSPS) is 10.1. The van der Waals surface area contributed by atoms with Crippen molar-refractivity contribution < 1.29 is 14.3 Å². The number of halogens is 1. The summed E-state index contributed by atoms with van der Waals surface area (Å²) >= 11 is 0. The molecule has 0 fully saturated rings. The second-order valence-corrected chi connectivity index (χ2v) is 5.76. The van der Waals surface area contributed by atoms with Crippen molar-refractivity contribution in [3.63, 3.8) is 0 Å². The van der Waals surface area contributed by atoms with Crippen LogP contribution in [0.3, 0.4) is 0 Å². The van der Waals surface area contributed by atoms with Crippen molar-refractivity contribution in [2.75, 3.05) is 25.9 Å². The lowest BCUT2D eigenvalue weighted by Crippen LogP contribution is -2.36. The SMILES string of the molecule is COC(=O)CCN(CC(C)C)C(=O)CCc1ccccc1N.Cl. The number of esters is 1. The third-order valence-electron chi connectivity index (χ3n) is 3.42. The van der Waals surface area contributed by atoms with Gasteiger partial charge in [0.2, 0.25) is 5.91 Å². The van der Waals surface area contributed by atoms with E-state index in [2.05, 4.69) is 4.74 Å². The molecule has 1 amide bonds. The summed E-state index contributed by atoms with van der Waals surface area (Å²) in [4.78, 5) is 25.4. The lowest BCUT2D eigenvalue weighted by atomic mass is 10.1. The van der Waals surface area contributed by atoms with Gasteiger partial charge in [-0.3, -0.25) is 9.59 Å². The minimum absolute atomic E-state index is 0. The van der Waals surface area contributed by atoms with Crippen LogP contribution in [0.1, 0.15) is 32.3 Å². The molecule has 1 rings (SSSR count). The molecule has 0 aliphatic rings. The van der Waals surface area contributed by atoms with Gasteiger partial charge in [-0.1, -0.05) is 32.0 Å². The van der Waals surface area contributed by atoms with Gasteiger partial charge in [0, 0.05) is 25.2 Å². The number of hydrogen-bond acceptors (Lipinski definition) is 4. The number of nitrogens with two attached hydrogens (primary N) is 1. The molecule has 23 heavy (non-hydrogen) atoms. The van der Waals surface area contributed by atoms with E-state index in [0.717, 1.165) is 5.56 Å². The average Bonchev–Trinajstić information content (AvgIpc) is 2.49. The minimum Gasteiger partial charge on any atom is -0.469 e. The third kappa shape index (κ3) is 7.88. The topological polar surface area (TPSA) is 72.6 Å². The van der Waals surface area contributed by atoms with Gasteiger partial charge in [0.05, 0.1) is 13.5 Å². The number of nitrogen functional groups attached to an aromatic ring is 1. The van der Waals surface area contributed by atoms with Gasteiger partial charge in [-0.05, 0) is 24.0 Å². The van der Waals surface area contributed by atoms with Crippen LogP contribution in [0.25, 0.3) is 0 Å². The lowest BCUT2D eigenvalue weighted by molar-refractivity contribution is -0.141. The molecule has 6 heteroatoms. The van der Waals surface area contributed by atoms with E-state index in [9.17, 15) is 9.59 Å². The molecule has 0 aromatic heterocycles. The molecule has 1 aromatic carbocycles. The lowest BCUT2D eigenvalue weighted by Gasteiger charge is -2.24. The van der Waals surface area contributed by atoms with Crippen molar-refractivity contribution in [3.8, 4) is 0 Å². The first-order valence-corrected chi connectivity index (χ1v) is 7.62. The maximum atomic E-state index is 12.4. The van der Waals surface area contributed by atoms with Crippen LogP contribution in [0.4, 0.5) is 5.69 Å². The summed E-state index contributed by atoms with van der Waals surface area (Å²) in [6.45, 7) is 5.13. The second-order valence-electron chi connectivity index (χ2n) is 5.76. The number of hydrogen-bond donors (Lipinski definition) is 1. The van der Waals surface area contributed by atoms with Gasteiger partial charge < -0.3 is 15.4 Å². The van der Waals surface area contributed by atoms with Gasteiger partial charge >= 0.3 is 5.97 Å². The Kier molecular flexibility index (Phi) is 10.1. The third-order valence-corrected chi connectivity index (χ3v) is 3.42. The van der Waals surface area contributed by atoms with Crippen molar-refractivity contribution >= 4 is 30.0 Å². The van der Waals surface area contributed by atoms with Crippen LogP contribution in [0.15, 0.2) is 24.3 Å². The quantitative estimate of drug-likeness (QED) is 0.582. The average molecular weight is 343 g/mol. The van der Waals surface area contributed by atoms with Crippen LogP contribution in [0, 0.1) is 5.92 Å². The number of aryl methyl sites for hydroxylation is 1.